The number of anilines is 2. The molecule has 1 saturated heterocycles. The van der Waals surface area contributed by atoms with Gasteiger partial charge in [-0.2, -0.15) is 0 Å². The van der Waals surface area contributed by atoms with Crippen molar-refractivity contribution >= 4 is 34.7 Å². The number of fused-ring (bicyclic) bond motifs is 1. The van der Waals surface area contributed by atoms with Crippen LogP contribution in [0.4, 0.5) is 16.3 Å². The van der Waals surface area contributed by atoms with E-state index in [0.717, 1.165) is 12.8 Å². The number of likely N-dealkylation sites (N-methyl/N-ethyl adjacent to an activating group) is 1. The highest BCUT2D eigenvalue weighted by atomic mass is 16.6. The van der Waals surface area contributed by atoms with Gasteiger partial charge in [0.05, 0.1) is 18.5 Å². The molecule has 1 aliphatic heterocycles. The summed E-state index contributed by atoms with van der Waals surface area (Å²) in [5, 5.41) is 26.8. The number of unbranched alkanes of at least 4 members (excludes halogenated alkanes) is 1. The van der Waals surface area contributed by atoms with Gasteiger partial charge in [-0.05, 0) is 50.7 Å². The number of nitrogen functional groups attached to an aromatic ring is 1. The van der Waals surface area contributed by atoms with E-state index in [2.05, 4.69) is 25.6 Å². The van der Waals surface area contributed by atoms with Crippen LogP contribution < -0.4 is 16.4 Å². The lowest BCUT2D eigenvalue weighted by molar-refractivity contribution is -0.0421. The Morgan fingerprint density at radius 1 is 1.15 bits per heavy atom. The van der Waals surface area contributed by atoms with Crippen molar-refractivity contribution in [1.29, 1.82) is 0 Å². The molecule has 0 bridgehead atoms. The van der Waals surface area contributed by atoms with E-state index in [-0.39, 0.29) is 17.8 Å². The average Bonchev–Trinajstić information content (AvgIpc) is 3.49. The molecule has 14 nitrogen and oxygen atoms in total. The Bertz CT molecular complexity index is 1290. The van der Waals surface area contributed by atoms with Crippen molar-refractivity contribution in [2.75, 3.05) is 44.3 Å². The molecule has 4 atom stereocenters. The van der Waals surface area contributed by atoms with Crippen LogP contribution in [-0.2, 0) is 9.47 Å². The smallest absolute Gasteiger partial charge is 0.338 e. The number of aromatic nitrogens is 4. The molecule has 3 heterocycles. The van der Waals surface area contributed by atoms with Crippen LogP contribution in [0.15, 0.2) is 36.9 Å². The summed E-state index contributed by atoms with van der Waals surface area (Å²) in [6.45, 7) is 3.80. The second-order valence-corrected chi connectivity index (χ2v) is 9.69. The number of rotatable bonds is 12. The largest absolute Gasteiger partial charge is 0.462 e. The van der Waals surface area contributed by atoms with Crippen LogP contribution in [-0.4, -0.2) is 98.2 Å². The Kier molecular flexibility index (Phi) is 9.82. The van der Waals surface area contributed by atoms with Crippen LogP contribution in [0, 0.1) is 0 Å². The third-order valence-corrected chi connectivity index (χ3v) is 6.60. The van der Waals surface area contributed by atoms with Crippen molar-refractivity contribution in [2.24, 2.45) is 0 Å². The summed E-state index contributed by atoms with van der Waals surface area (Å²) in [6, 6.07) is 6.15. The van der Waals surface area contributed by atoms with Gasteiger partial charge in [0.1, 0.15) is 30.2 Å². The van der Waals surface area contributed by atoms with Gasteiger partial charge in [-0.3, -0.25) is 4.57 Å². The Balaban J connectivity index is 1.17. The van der Waals surface area contributed by atoms with Crippen molar-refractivity contribution in [3.05, 3.63) is 42.5 Å². The number of benzene rings is 1. The van der Waals surface area contributed by atoms with Gasteiger partial charge in [0.2, 0.25) is 0 Å². The molecule has 0 saturated carbocycles. The number of aliphatic hydroxyl groups excluding tert-OH is 2. The number of nitrogens with zero attached hydrogens (tertiary/aromatic N) is 5. The predicted molar refractivity (Wildman–Crippen MR) is 146 cm³/mol. The molecule has 3 aromatic rings. The maximum absolute atomic E-state index is 12.2. The Labute approximate surface area is 231 Å². The quantitative estimate of drug-likeness (QED) is 0.159. The number of nitrogens with two attached hydrogens (primary N) is 1. The zero-order valence-corrected chi connectivity index (χ0v) is 22.6. The normalized spacial score (nSPS) is 20.6. The Morgan fingerprint density at radius 2 is 1.93 bits per heavy atom. The first kappa shape index (κ1) is 29.1. The van der Waals surface area contributed by atoms with E-state index in [4.69, 9.17) is 15.2 Å². The van der Waals surface area contributed by atoms with E-state index in [1.165, 1.54) is 17.2 Å². The van der Waals surface area contributed by atoms with Crippen LogP contribution in [0.5, 0.6) is 0 Å². The Hall–Kier alpha value is -3.85. The minimum absolute atomic E-state index is 0.216. The van der Waals surface area contributed by atoms with E-state index < -0.39 is 24.5 Å². The lowest BCUT2D eigenvalue weighted by Crippen LogP contribution is -2.39. The van der Waals surface area contributed by atoms with Gasteiger partial charge in [-0.25, -0.2) is 24.5 Å². The molecule has 2 amide bonds. The maximum Gasteiger partial charge on any atom is 0.338 e. The second kappa shape index (κ2) is 13.5. The fourth-order valence-electron chi connectivity index (χ4n) is 4.37. The number of hydrogen-bond acceptors (Lipinski definition) is 11. The molecular weight excluding hydrogens is 520 g/mol. The highest BCUT2D eigenvalue weighted by Crippen LogP contribution is 2.32. The molecule has 14 heteroatoms. The van der Waals surface area contributed by atoms with Crippen molar-refractivity contribution in [3.8, 4) is 0 Å². The topological polar surface area (TPSA) is 190 Å². The first-order valence-electron chi connectivity index (χ1n) is 13.2. The number of carbonyl (C=O) groups excluding carboxylic acids is 2. The zero-order chi connectivity index (χ0) is 28.6. The molecule has 0 radical (unpaired) electrons. The fraction of sp³-hybridized carbons (Fsp3) is 0.500. The average molecular weight is 557 g/mol. The number of urea groups is 1. The van der Waals surface area contributed by atoms with E-state index in [1.807, 2.05) is 18.9 Å². The molecule has 4 rings (SSSR count). The summed E-state index contributed by atoms with van der Waals surface area (Å²) >= 11 is 0. The number of nitrogens with one attached hydrogen (secondary N) is 2. The highest BCUT2D eigenvalue weighted by molar-refractivity contribution is 5.92. The van der Waals surface area contributed by atoms with Crippen LogP contribution in [0.1, 0.15) is 42.8 Å². The van der Waals surface area contributed by atoms with Crippen molar-refractivity contribution in [3.63, 3.8) is 0 Å². The van der Waals surface area contributed by atoms with Crippen molar-refractivity contribution in [1.82, 2.24) is 29.7 Å². The molecule has 2 aromatic heterocycles. The number of carbonyl (C=O) groups is 2. The van der Waals surface area contributed by atoms with E-state index >= 15 is 0 Å². The van der Waals surface area contributed by atoms with Crippen LogP contribution in [0.25, 0.3) is 11.2 Å². The molecular formula is C26H36N8O6. The van der Waals surface area contributed by atoms with Gasteiger partial charge >= 0.3 is 12.0 Å². The number of amides is 2. The lowest BCUT2D eigenvalue weighted by atomic mass is 10.1. The van der Waals surface area contributed by atoms with Gasteiger partial charge in [0, 0.05) is 18.8 Å². The summed E-state index contributed by atoms with van der Waals surface area (Å²) < 4.78 is 12.7. The van der Waals surface area contributed by atoms with Gasteiger partial charge in [-0.1, -0.05) is 13.3 Å². The fourth-order valence-corrected chi connectivity index (χ4v) is 4.37. The first-order valence-corrected chi connectivity index (χ1v) is 13.2. The molecule has 0 unspecified atom stereocenters. The van der Waals surface area contributed by atoms with Crippen LogP contribution in [0.2, 0.25) is 0 Å². The third-order valence-electron chi connectivity index (χ3n) is 6.60. The number of esters is 1. The maximum atomic E-state index is 12.2. The number of ether oxygens (including phenoxy) is 2. The molecule has 0 spiro atoms. The van der Waals surface area contributed by atoms with Crippen molar-refractivity contribution < 1.29 is 29.3 Å². The monoisotopic (exact) mass is 556 g/mol. The number of imidazole rings is 1. The molecule has 1 aromatic carbocycles. The number of aliphatic hydroxyl groups is 2. The number of hydrogen-bond donors (Lipinski definition) is 5. The second-order valence-electron chi connectivity index (χ2n) is 9.69. The lowest BCUT2D eigenvalue weighted by Gasteiger charge is -2.22. The first-order chi connectivity index (χ1) is 19.3. The predicted octanol–water partition coefficient (Wildman–Crippen LogP) is 1.13. The van der Waals surface area contributed by atoms with Gasteiger partial charge in [0.25, 0.3) is 0 Å². The molecule has 40 heavy (non-hydrogen) atoms. The summed E-state index contributed by atoms with van der Waals surface area (Å²) in [5.74, 6) is -0.169. The van der Waals surface area contributed by atoms with Crippen LogP contribution >= 0.6 is 0 Å². The summed E-state index contributed by atoms with van der Waals surface area (Å²) in [5.41, 5.74) is 7.62. The van der Waals surface area contributed by atoms with Gasteiger partial charge in [0.15, 0.2) is 17.7 Å². The molecule has 216 valence electrons. The van der Waals surface area contributed by atoms with E-state index in [1.54, 1.807) is 24.3 Å². The van der Waals surface area contributed by atoms with E-state index in [0.29, 0.717) is 55.1 Å². The zero-order valence-electron chi connectivity index (χ0n) is 22.6. The SMILES string of the molecule is CCCCOC(=O)c1ccc(NC(=O)NCCCN(C)C[C@H]2O[C@@H](n3cnc4c(N)ncnc43)[C@H](O)[C@@H]2O)cc1. The summed E-state index contributed by atoms with van der Waals surface area (Å²) in [6.07, 6.45) is 1.34. The van der Waals surface area contributed by atoms with Gasteiger partial charge < -0.3 is 41.0 Å². The minimum Gasteiger partial charge on any atom is -0.462 e. The van der Waals surface area contributed by atoms with E-state index in [9.17, 15) is 19.8 Å². The van der Waals surface area contributed by atoms with Gasteiger partial charge in [-0.15, -0.1) is 0 Å². The Morgan fingerprint density at radius 3 is 2.67 bits per heavy atom. The van der Waals surface area contributed by atoms with Crippen molar-refractivity contribution in [2.45, 2.75) is 50.7 Å². The highest BCUT2D eigenvalue weighted by Gasteiger charge is 2.44. The third kappa shape index (κ3) is 7.01. The minimum atomic E-state index is -1.18. The molecule has 6 N–H and O–H groups in total. The molecule has 1 fully saturated rings. The molecule has 0 aliphatic carbocycles. The summed E-state index contributed by atoms with van der Waals surface area (Å²) in [4.78, 5) is 38.4. The summed E-state index contributed by atoms with van der Waals surface area (Å²) in [7, 11) is 1.87. The molecule has 1 aliphatic rings. The van der Waals surface area contributed by atoms with Crippen LogP contribution in [0.3, 0.4) is 0 Å². The standard InChI is InChI=1S/C26H36N8O6/c1-3-4-12-39-25(37)16-6-8-17(9-7-16)32-26(38)28-10-5-11-33(2)13-18-20(35)21(36)24(40-18)34-15-31-19-22(27)29-14-30-23(19)34/h6-9,14-15,18,20-21,24,35-36H,3-5,10-13H2,1-2H3,(H2,27,29,30)(H2,28,32,38)/t18-,20-,21-,24-/m1/s1.